The van der Waals surface area contributed by atoms with Crippen LogP contribution in [0.5, 0.6) is 0 Å². The van der Waals surface area contributed by atoms with E-state index in [-0.39, 0.29) is 6.04 Å². The van der Waals surface area contributed by atoms with E-state index in [0.717, 1.165) is 71.1 Å². The van der Waals surface area contributed by atoms with Gasteiger partial charge in [-0.05, 0) is 50.4 Å². The zero-order chi connectivity index (χ0) is 16.2. The van der Waals surface area contributed by atoms with Crippen molar-refractivity contribution in [1.82, 2.24) is 9.80 Å². The number of amides is 2. The first-order chi connectivity index (χ1) is 11.1. The van der Waals surface area contributed by atoms with Crippen LogP contribution in [0.25, 0.3) is 0 Å². The van der Waals surface area contributed by atoms with E-state index >= 15 is 0 Å². The molecule has 5 nitrogen and oxygen atoms in total. The minimum absolute atomic E-state index is 0.224. The number of hydrogen-bond acceptors (Lipinski definition) is 3. The number of likely N-dealkylation sites (tertiary alicyclic amines) is 2. The highest BCUT2D eigenvalue weighted by atomic mass is 16.2. The summed E-state index contributed by atoms with van der Waals surface area (Å²) in [5.41, 5.74) is 6.09. The lowest BCUT2D eigenvalue weighted by Gasteiger charge is -2.36. The molecule has 2 heterocycles. The van der Waals surface area contributed by atoms with Crippen molar-refractivity contribution in [3.63, 3.8) is 0 Å². The van der Waals surface area contributed by atoms with Crippen LogP contribution in [0.3, 0.4) is 0 Å². The maximum Gasteiger partial charge on any atom is 0.222 e. The lowest BCUT2D eigenvalue weighted by molar-refractivity contribution is -0.136. The van der Waals surface area contributed by atoms with Gasteiger partial charge in [0.05, 0.1) is 0 Å². The highest BCUT2D eigenvalue weighted by molar-refractivity contribution is 5.77. The predicted octanol–water partition coefficient (Wildman–Crippen LogP) is 1.75. The van der Waals surface area contributed by atoms with Gasteiger partial charge >= 0.3 is 0 Å². The molecule has 0 spiro atoms. The largest absolute Gasteiger partial charge is 0.343 e. The van der Waals surface area contributed by atoms with Gasteiger partial charge in [0.25, 0.3) is 0 Å². The maximum absolute atomic E-state index is 12.5. The highest BCUT2D eigenvalue weighted by Gasteiger charge is 2.30. The topological polar surface area (TPSA) is 66.6 Å². The van der Waals surface area contributed by atoms with Gasteiger partial charge in [-0.3, -0.25) is 9.59 Å². The quantitative estimate of drug-likeness (QED) is 0.858. The molecule has 2 aliphatic heterocycles. The van der Waals surface area contributed by atoms with Crippen molar-refractivity contribution in [3.05, 3.63) is 0 Å². The Balaban J connectivity index is 1.41. The number of nitrogens with zero attached hydrogens (tertiary/aromatic N) is 2. The van der Waals surface area contributed by atoms with Gasteiger partial charge in [0.15, 0.2) is 0 Å². The summed E-state index contributed by atoms with van der Waals surface area (Å²) in [5, 5.41) is 0. The van der Waals surface area contributed by atoms with Crippen molar-refractivity contribution in [2.24, 2.45) is 17.6 Å². The minimum atomic E-state index is 0.224. The van der Waals surface area contributed by atoms with Gasteiger partial charge in [0, 0.05) is 45.1 Å². The van der Waals surface area contributed by atoms with Crippen molar-refractivity contribution >= 4 is 11.8 Å². The molecule has 3 rings (SSSR count). The summed E-state index contributed by atoms with van der Waals surface area (Å²) in [4.78, 5) is 28.4. The molecule has 2 atom stereocenters. The molecule has 0 aromatic carbocycles. The zero-order valence-electron chi connectivity index (χ0n) is 14.2. The fourth-order valence-electron chi connectivity index (χ4n) is 4.40. The van der Waals surface area contributed by atoms with E-state index in [9.17, 15) is 9.59 Å². The van der Waals surface area contributed by atoms with Gasteiger partial charge in [-0.15, -0.1) is 0 Å². The first-order valence-corrected chi connectivity index (χ1v) is 9.44. The smallest absolute Gasteiger partial charge is 0.222 e. The van der Waals surface area contributed by atoms with Gasteiger partial charge in [0.2, 0.25) is 11.8 Å². The molecule has 1 saturated carbocycles. The molecule has 3 fully saturated rings. The molecule has 0 aromatic heterocycles. The molecule has 0 radical (unpaired) electrons. The molecular formula is C18H31N3O2. The Kier molecular flexibility index (Phi) is 5.57. The molecule has 2 amide bonds. The van der Waals surface area contributed by atoms with E-state index in [1.54, 1.807) is 0 Å². The predicted molar refractivity (Wildman–Crippen MR) is 89.7 cm³/mol. The van der Waals surface area contributed by atoms with E-state index in [2.05, 4.69) is 0 Å². The number of hydrogen-bond donors (Lipinski definition) is 1. The van der Waals surface area contributed by atoms with Crippen molar-refractivity contribution in [2.75, 3.05) is 26.2 Å². The van der Waals surface area contributed by atoms with Gasteiger partial charge in [-0.25, -0.2) is 0 Å². The standard InChI is InChI=1S/C18H31N3O2/c19-16-5-3-4-15(16)12-18(23)20-10-7-14(8-11-20)13-21-9-2-1-6-17(21)22/h14-16H,1-13,19H2/t15-,16+/m0/s1. The molecule has 2 saturated heterocycles. The number of nitrogens with two attached hydrogens (primary N) is 1. The van der Waals surface area contributed by atoms with E-state index in [4.69, 9.17) is 5.73 Å². The fraction of sp³-hybridized carbons (Fsp3) is 0.889. The SMILES string of the molecule is N[C@@H]1CCC[C@H]1CC(=O)N1CCC(CN2CCCCC2=O)CC1. The molecule has 130 valence electrons. The summed E-state index contributed by atoms with van der Waals surface area (Å²) in [6, 6.07) is 0.224. The number of rotatable bonds is 4. The highest BCUT2D eigenvalue weighted by Crippen LogP contribution is 2.28. The van der Waals surface area contributed by atoms with E-state index < -0.39 is 0 Å². The molecule has 1 aliphatic carbocycles. The molecule has 2 N–H and O–H groups in total. The molecular weight excluding hydrogens is 290 g/mol. The molecule has 0 bridgehead atoms. The van der Waals surface area contributed by atoms with E-state index in [1.165, 1.54) is 6.42 Å². The monoisotopic (exact) mass is 321 g/mol. The second-order valence-corrected chi connectivity index (χ2v) is 7.68. The summed E-state index contributed by atoms with van der Waals surface area (Å²) in [6.07, 6.45) is 8.97. The van der Waals surface area contributed by atoms with Crippen molar-refractivity contribution in [2.45, 2.75) is 63.8 Å². The minimum Gasteiger partial charge on any atom is -0.343 e. The van der Waals surface area contributed by atoms with Gasteiger partial charge in [0.1, 0.15) is 0 Å². The average Bonchev–Trinajstić information content (AvgIpc) is 2.95. The van der Waals surface area contributed by atoms with Crippen molar-refractivity contribution < 1.29 is 9.59 Å². The Morgan fingerprint density at radius 3 is 2.48 bits per heavy atom. The van der Waals surface area contributed by atoms with Crippen molar-refractivity contribution in [1.29, 1.82) is 0 Å². The second kappa shape index (κ2) is 7.65. The first-order valence-electron chi connectivity index (χ1n) is 9.44. The fourth-order valence-corrected chi connectivity index (χ4v) is 4.40. The van der Waals surface area contributed by atoms with Gasteiger partial charge < -0.3 is 15.5 Å². The molecule has 3 aliphatic rings. The van der Waals surface area contributed by atoms with Crippen LogP contribution in [-0.4, -0.2) is 53.8 Å². The third-order valence-electron chi connectivity index (χ3n) is 6.02. The summed E-state index contributed by atoms with van der Waals surface area (Å²) in [6.45, 7) is 3.53. The summed E-state index contributed by atoms with van der Waals surface area (Å²) in [5.74, 6) is 1.57. The van der Waals surface area contributed by atoms with E-state index in [1.807, 2.05) is 9.80 Å². The van der Waals surface area contributed by atoms with Crippen LogP contribution in [-0.2, 0) is 9.59 Å². The number of carbonyl (C=O) groups is 2. The molecule has 23 heavy (non-hydrogen) atoms. The lowest BCUT2D eigenvalue weighted by atomic mass is 9.93. The van der Waals surface area contributed by atoms with E-state index in [0.29, 0.717) is 30.1 Å². The molecule has 0 aromatic rings. The lowest BCUT2D eigenvalue weighted by Crippen LogP contribution is -2.44. The summed E-state index contributed by atoms with van der Waals surface area (Å²) >= 11 is 0. The number of piperidine rings is 2. The maximum atomic E-state index is 12.5. The van der Waals surface area contributed by atoms with Crippen LogP contribution in [0.4, 0.5) is 0 Å². The van der Waals surface area contributed by atoms with Crippen LogP contribution >= 0.6 is 0 Å². The van der Waals surface area contributed by atoms with Gasteiger partial charge in [-0.2, -0.15) is 0 Å². The first kappa shape index (κ1) is 16.7. The zero-order valence-corrected chi connectivity index (χ0v) is 14.2. The van der Waals surface area contributed by atoms with Crippen LogP contribution in [0.2, 0.25) is 0 Å². The van der Waals surface area contributed by atoms with Gasteiger partial charge in [-0.1, -0.05) is 6.42 Å². The van der Waals surface area contributed by atoms with Crippen molar-refractivity contribution in [3.8, 4) is 0 Å². The molecule has 0 unspecified atom stereocenters. The van der Waals surface area contributed by atoms with Crippen LogP contribution in [0, 0.1) is 11.8 Å². The molecule has 5 heteroatoms. The van der Waals surface area contributed by atoms with Crippen LogP contribution < -0.4 is 5.73 Å². The number of carbonyl (C=O) groups excluding carboxylic acids is 2. The third kappa shape index (κ3) is 4.25. The Hall–Kier alpha value is -1.10. The van der Waals surface area contributed by atoms with Crippen LogP contribution in [0.15, 0.2) is 0 Å². The summed E-state index contributed by atoms with van der Waals surface area (Å²) in [7, 11) is 0. The van der Waals surface area contributed by atoms with Crippen LogP contribution in [0.1, 0.15) is 57.8 Å². The normalized spacial score (nSPS) is 30.0. The Bertz CT molecular complexity index is 432. The Labute approximate surface area is 139 Å². The second-order valence-electron chi connectivity index (χ2n) is 7.68. The average molecular weight is 321 g/mol. The Morgan fingerprint density at radius 2 is 1.83 bits per heavy atom. The summed E-state index contributed by atoms with van der Waals surface area (Å²) < 4.78 is 0. The third-order valence-corrected chi connectivity index (χ3v) is 6.02. The Morgan fingerprint density at radius 1 is 1.04 bits per heavy atom.